The van der Waals surface area contributed by atoms with Crippen LogP contribution < -0.4 is 0 Å². The van der Waals surface area contributed by atoms with Crippen LogP contribution in [-0.2, 0) is 29.8 Å². The Morgan fingerprint density at radius 1 is 1.08 bits per heavy atom. The topological polar surface area (TPSA) is 110 Å². The number of carbonyl (C=O) groups excluding carboxylic acids is 2. The molecule has 10 heteroatoms. The molecule has 26 heavy (non-hydrogen) atoms. The molecule has 0 radical (unpaired) electrons. The normalized spacial score (nSPS) is 12.5. The molecule has 0 amide bonds. The largest absolute Gasteiger partial charge is 0.743 e. The van der Waals surface area contributed by atoms with Crippen LogP contribution in [-0.4, -0.2) is 43.4 Å². The van der Waals surface area contributed by atoms with Crippen LogP contribution in [0.5, 0.6) is 0 Å². The summed E-state index contributed by atoms with van der Waals surface area (Å²) >= 11 is 0. The van der Waals surface area contributed by atoms with Crippen molar-refractivity contribution < 1.29 is 40.8 Å². The van der Waals surface area contributed by atoms with Crippen LogP contribution in [0.1, 0.15) is 43.1 Å². The minimum Gasteiger partial charge on any atom is -0.743 e. The standard InChI is InChI=1S/C16H20F2O7S/c1-4-15(2,3)12-7-5-11(6-8-12)13(19)24-9-10-25-14(20)16(17,18)26(21,22)23/h5-8H,4,9-10H2,1-3H3,(H,21,22,23)/p-1. The zero-order valence-corrected chi connectivity index (χ0v) is 15.3. The van der Waals surface area contributed by atoms with E-state index in [0.29, 0.717) is 0 Å². The lowest BCUT2D eigenvalue weighted by Gasteiger charge is -2.23. The summed E-state index contributed by atoms with van der Waals surface area (Å²) in [6.07, 6.45) is 0.895. The Morgan fingerprint density at radius 3 is 2.04 bits per heavy atom. The summed E-state index contributed by atoms with van der Waals surface area (Å²) in [5.74, 6) is -3.29. The molecule has 0 fully saturated rings. The molecule has 0 saturated heterocycles. The van der Waals surface area contributed by atoms with Crippen molar-refractivity contribution in [2.75, 3.05) is 13.2 Å². The van der Waals surface area contributed by atoms with Crippen molar-refractivity contribution in [3.05, 3.63) is 35.4 Å². The summed E-state index contributed by atoms with van der Waals surface area (Å²) in [5.41, 5.74) is 1.16. The molecule has 0 bridgehead atoms. The highest BCUT2D eigenvalue weighted by atomic mass is 32.2. The smallest absolute Gasteiger partial charge is 0.428 e. The van der Waals surface area contributed by atoms with Crippen LogP contribution in [0.4, 0.5) is 8.78 Å². The van der Waals surface area contributed by atoms with Crippen molar-refractivity contribution in [2.24, 2.45) is 0 Å². The van der Waals surface area contributed by atoms with Crippen molar-refractivity contribution in [1.29, 1.82) is 0 Å². The van der Waals surface area contributed by atoms with Gasteiger partial charge in [-0.25, -0.2) is 18.0 Å². The molecule has 0 atom stereocenters. The van der Waals surface area contributed by atoms with Gasteiger partial charge in [0.05, 0.1) is 5.56 Å². The summed E-state index contributed by atoms with van der Waals surface area (Å²) < 4.78 is 65.1. The molecule has 0 spiro atoms. The number of rotatable bonds is 8. The monoisotopic (exact) mass is 393 g/mol. The van der Waals surface area contributed by atoms with Gasteiger partial charge in [0.15, 0.2) is 10.1 Å². The predicted octanol–water partition coefficient (Wildman–Crippen LogP) is 2.21. The SMILES string of the molecule is CCC(C)(C)c1ccc(C(=O)OCCOC(=O)C(F)(F)S(=O)(=O)[O-])cc1. The van der Waals surface area contributed by atoms with Crippen LogP contribution >= 0.6 is 0 Å². The van der Waals surface area contributed by atoms with E-state index >= 15 is 0 Å². The van der Waals surface area contributed by atoms with Gasteiger partial charge in [0, 0.05) is 0 Å². The molecular formula is C16H19F2O7S-. The highest BCUT2D eigenvalue weighted by molar-refractivity contribution is 7.87. The summed E-state index contributed by atoms with van der Waals surface area (Å²) in [4.78, 5) is 22.7. The van der Waals surface area contributed by atoms with E-state index in [2.05, 4.69) is 4.74 Å². The van der Waals surface area contributed by atoms with Gasteiger partial charge in [-0.3, -0.25) is 0 Å². The minimum atomic E-state index is -6.18. The maximum Gasteiger partial charge on any atom is 0.428 e. The van der Waals surface area contributed by atoms with Crippen LogP contribution in [0.25, 0.3) is 0 Å². The lowest BCUT2D eigenvalue weighted by atomic mass is 9.82. The van der Waals surface area contributed by atoms with Crippen LogP contribution in [0.3, 0.4) is 0 Å². The highest BCUT2D eigenvalue weighted by Crippen LogP contribution is 2.26. The first-order valence-electron chi connectivity index (χ1n) is 7.61. The van der Waals surface area contributed by atoms with Crippen molar-refractivity contribution in [2.45, 2.75) is 37.9 Å². The lowest BCUT2D eigenvalue weighted by molar-refractivity contribution is -0.162. The number of benzene rings is 1. The summed E-state index contributed by atoms with van der Waals surface area (Å²) in [6, 6.07) is 6.61. The molecule has 0 unspecified atom stereocenters. The Labute approximate surface area is 150 Å². The van der Waals surface area contributed by atoms with Gasteiger partial charge in [-0.2, -0.15) is 8.78 Å². The van der Waals surface area contributed by atoms with Crippen molar-refractivity contribution in [1.82, 2.24) is 0 Å². The zero-order valence-electron chi connectivity index (χ0n) is 14.5. The Kier molecular flexibility index (Phi) is 6.83. The third-order valence-electron chi connectivity index (χ3n) is 3.89. The molecule has 7 nitrogen and oxygen atoms in total. The maximum absolute atomic E-state index is 12.9. The number of hydrogen-bond donors (Lipinski definition) is 0. The lowest BCUT2D eigenvalue weighted by Crippen LogP contribution is -2.39. The molecule has 0 aliphatic rings. The molecule has 1 aromatic carbocycles. The molecule has 146 valence electrons. The van der Waals surface area contributed by atoms with Crippen molar-refractivity contribution in [3.63, 3.8) is 0 Å². The van der Waals surface area contributed by atoms with Gasteiger partial charge in [0.1, 0.15) is 13.2 Å². The maximum atomic E-state index is 12.9. The second kappa shape index (κ2) is 8.09. The molecule has 0 aliphatic heterocycles. The van der Waals surface area contributed by atoms with Crippen molar-refractivity contribution >= 4 is 22.1 Å². The van der Waals surface area contributed by atoms with Crippen molar-refractivity contribution in [3.8, 4) is 0 Å². The number of alkyl halides is 2. The number of esters is 2. The Morgan fingerprint density at radius 2 is 1.58 bits per heavy atom. The van der Waals surface area contributed by atoms with Gasteiger partial charge < -0.3 is 14.0 Å². The fourth-order valence-corrected chi connectivity index (χ4v) is 2.06. The van der Waals surface area contributed by atoms with Gasteiger partial charge in [-0.15, -0.1) is 0 Å². The Balaban J connectivity index is 2.54. The van der Waals surface area contributed by atoms with E-state index in [9.17, 15) is 31.3 Å². The second-order valence-electron chi connectivity index (χ2n) is 6.06. The third-order valence-corrected chi connectivity index (χ3v) is 4.68. The quantitative estimate of drug-likeness (QED) is 0.378. The molecule has 1 aromatic rings. The van der Waals surface area contributed by atoms with Crippen LogP contribution in [0, 0.1) is 0 Å². The van der Waals surface area contributed by atoms with E-state index in [0.717, 1.165) is 12.0 Å². The molecule has 0 heterocycles. The van der Waals surface area contributed by atoms with E-state index in [-0.39, 0.29) is 11.0 Å². The van der Waals surface area contributed by atoms with E-state index in [1.165, 1.54) is 0 Å². The molecule has 0 N–H and O–H groups in total. The molecule has 1 rings (SSSR count). The van der Waals surface area contributed by atoms with Gasteiger partial charge in [0.2, 0.25) is 0 Å². The number of ether oxygens (including phenoxy) is 2. The fourth-order valence-electron chi connectivity index (χ4n) is 1.80. The van der Waals surface area contributed by atoms with Gasteiger partial charge in [-0.05, 0) is 29.5 Å². The van der Waals surface area contributed by atoms with Crippen LogP contribution in [0.2, 0.25) is 0 Å². The van der Waals surface area contributed by atoms with E-state index in [1.807, 2.05) is 20.8 Å². The minimum absolute atomic E-state index is 0.0657. The zero-order chi connectivity index (χ0) is 20.2. The van der Waals surface area contributed by atoms with Gasteiger partial charge in [-0.1, -0.05) is 32.9 Å². The number of carbonyl (C=O) groups is 2. The van der Waals surface area contributed by atoms with E-state index < -0.39 is 40.5 Å². The average molecular weight is 393 g/mol. The first kappa shape index (κ1) is 22.0. The fraction of sp³-hybridized carbons (Fsp3) is 0.500. The average Bonchev–Trinajstić information content (AvgIpc) is 2.57. The molecule has 0 aliphatic carbocycles. The summed E-state index contributed by atoms with van der Waals surface area (Å²) in [6.45, 7) is 4.72. The summed E-state index contributed by atoms with van der Waals surface area (Å²) in [5, 5.41) is -5.20. The first-order valence-corrected chi connectivity index (χ1v) is 9.02. The Hall–Kier alpha value is -2.07. The van der Waals surface area contributed by atoms with Gasteiger partial charge in [0.25, 0.3) is 0 Å². The third kappa shape index (κ3) is 5.21. The van der Waals surface area contributed by atoms with E-state index in [1.54, 1.807) is 24.3 Å². The summed E-state index contributed by atoms with van der Waals surface area (Å²) in [7, 11) is -6.18. The highest BCUT2D eigenvalue weighted by Gasteiger charge is 2.48. The van der Waals surface area contributed by atoms with Crippen LogP contribution in [0.15, 0.2) is 24.3 Å². The Bertz CT molecular complexity index is 755. The second-order valence-corrected chi connectivity index (χ2v) is 7.48. The van der Waals surface area contributed by atoms with E-state index in [4.69, 9.17) is 4.74 Å². The molecular weight excluding hydrogens is 374 g/mol. The van der Waals surface area contributed by atoms with Gasteiger partial charge >= 0.3 is 17.2 Å². The molecule has 0 aromatic heterocycles. The number of halogens is 2. The number of hydrogen-bond acceptors (Lipinski definition) is 7. The predicted molar refractivity (Wildman–Crippen MR) is 85.6 cm³/mol. The first-order chi connectivity index (χ1) is 11.8. The molecule has 0 saturated carbocycles.